The van der Waals surface area contributed by atoms with Gasteiger partial charge in [-0.2, -0.15) is 0 Å². The third-order valence-corrected chi connectivity index (χ3v) is 6.96. The van der Waals surface area contributed by atoms with Crippen LogP contribution in [0.3, 0.4) is 0 Å². The Morgan fingerprint density at radius 1 is 1.03 bits per heavy atom. The molecule has 0 bridgehead atoms. The van der Waals surface area contributed by atoms with Crippen molar-refractivity contribution < 1.29 is 28.9 Å². The van der Waals surface area contributed by atoms with Gasteiger partial charge in [-0.3, -0.25) is 14.5 Å². The second kappa shape index (κ2) is 12.0. The summed E-state index contributed by atoms with van der Waals surface area (Å²) in [5, 5.41) is 23.7. The maximum absolute atomic E-state index is 13.3. The number of phenolic OH excluding ortho intramolecular Hbond substituents is 1. The predicted molar refractivity (Wildman–Crippen MR) is 142 cm³/mol. The van der Waals surface area contributed by atoms with Crippen molar-refractivity contribution in [3.63, 3.8) is 0 Å². The van der Waals surface area contributed by atoms with E-state index in [1.165, 1.54) is 19.2 Å². The summed E-state index contributed by atoms with van der Waals surface area (Å²) in [7, 11) is 3.05. The molecule has 1 amide bonds. The first-order valence-electron chi connectivity index (χ1n) is 12.7. The molecule has 9 heteroatoms. The third kappa shape index (κ3) is 6.11. The van der Waals surface area contributed by atoms with E-state index >= 15 is 0 Å². The SMILES string of the molecule is COc1ccc([C@@H](CNC(=O)C[C@H](c2ccc(O)c(OC)c2)c2oc(C)cc(=O)c2O)N2CCCC2)cc1. The number of ether oxygens (including phenoxy) is 2. The van der Waals surface area contributed by atoms with Crippen molar-refractivity contribution in [2.24, 2.45) is 0 Å². The van der Waals surface area contributed by atoms with Crippen LogP contribution in [0, 0.1) is 6.92 Å². The van der Waals surface area contributed by atoms with Crippen LogP contribution >= 0.6 is 0 Å². The number of likely N-dealkylation sites (tertiary alicyclic amines) is 1. The minimum Gasteiger partial charge on any atom is -0.504 e. The van der Waals surface area contributed by atoms with Crippen molar-refractivity contribution in [3.8, 4) is 23.0 Å². The Morgan fingerprint density at radius 3 is 2.37 bits per heavy atom. The van der Waals surface area contributed by atoms with E-state index in [1.807, 2.05) is 24.3 Å². The minimum absolute atomic E-state index is 0.00937. The zero-order chi connectivity index (χ0) is 27.2. The van der Waals surface area contributed by atoms with Gasteiger partial charge in [-0.25, -0.2) is 0 Å². The topological polar surface area (TPSA) is 121 Å². The van der Waals surface area contributed by atoms with E-state index in [0.717, 1.165) is 37.2 Å². The minimum atomic E-state index is -0.789. The van der Waals surface area contributed by atoms with Crippen molar-refractivity contribution in [2.45, 2.75) is 38.1 Å². The van der Waals surface area contributed by atoms with Crippen LogP contribution in [-0.2, 0) is 4.79 Å². The summed E-state index contributed by atoms with van der Waals surface area (Å²) >= 11 is 0. The number of phenols is 1. The number of nitrogens with one attached hydrogen (secondary N) is 1. The fourth-order valence-electron chi connectivity index (χ4n) is 4.94. The van der Waals surface area contributed by atoms with Crippen LogP contribution in [0.2, 0.25) is 0 Å². The smallest absolute Gasteiger partial charge is 0.227 e. The van der Waals surface area contributed by atoms with E-state index in [0.29, 0.717) is 17.9 Å². The lowest BCUT2D eigenvalue weighted by Crippen LogP contribution is -2.37. The first kappa shape index (κ1) is 27.1. The number of aryl methyl sites for hydroxylation is 1. The van der Waals surface area contributed by atoms with Gasteiger partial charge in [-0.15, -0.1) is 0 Å². The molecule has 0 radical (unpaired) electrons. The molecule has 1 aliphatic rings. The molecule has 1 aliphatic heterocycles. The normalized spacial score (nSPS) is 15.1. The van der Waals surface area contributed by atoms with Gasteiger partial charge in [-0.1, -0.05) is 18.2 Å². The lowest BCUT2D eigenvalue weighted by atomic mass is 9.91. The monoisotopic (exact) mass is 522 g/mol. The van der Waals surface area contributed by atoms with Crippen molar-refractivity contribution in [1.82, 2.24) is 10.2 Å². The first-order chi connectivity index (χ1) is 18.3. The Bertz CT molecular complexity index is 1310. The highest BCUT2D eigenvalue weighted by atomic mass is 16.5. The number of rotatable bonds is 10. The highest BCUT2D eigenvalue weighted by molar-refractivity contribution is 5.77. The van der Waals surface area contributed by atoms with Crippen LogP contribution in [0.4, 0.5) is 0 Å². The number of aromatic hydroxyl groups is 2. The van der Waals surface area contributed by atoms with Crippen LogP contribution in [0.5, 0.6) is 23.0 Å². The van der Waals surface area contributed by atoms with E-state index in [9.17, 15) is 19.8 Å². The van der Waals surface area contributed by atoms with Crippen LogP contribution in [0.25, 0.3) is 0 Å². The number of carbonyl (C=O) groups excluding carboxylic acids is 1. The van der Waals surface area contributed by atoms with Crippen LogP contribution in [0.1, 0.15) is 53.9 Å². The Hall–Kier alpha value is -3.98. The number of carbonyl (C=O) groups is 1. The van der Waals surface area contributed by atoms with Gasteiger partial charge in [0.25, 0.3) is 0 Å². The van der Waals surface area contributed by atoms with E-state index in [-0.39, 0.29) is 35.6 Å². The summed E-state index contributed by atoms with van der Waals surface area (Å²) < 4.78 is 16.3. The molecule has 1 saturated heterocycles. The van der Waals surface area contributed by atoms with Crippen molar-refractivity contribution in [2.75, 3.05) is 33.9 Å². The predicted octanol–water partition coefficient (Wildman–Crippen LogP) is 3.85. The van der Waals surface area contributed by atoms with Crippen molar-refractivity contribution in [1.29, 1.82) is 0 Å². The van der Waals surface area contributed by atoms with Gasteiger partial charge >= 0.3 is 0 Å². The van der Waals surface area contributed by atoms with Gasteiger partial charge in [0, 0.05) is 19.0 Å². The van der Waals surface area contributed by atoms with Gasteiger partial charge in [0.05, 0.1) is 26.2 Å². The fourth-order valence-corrected chi connectivity index (χ4v) is 4.94. The number of methoxy groups -OCH3 is 2. The summed E-state index contributed by atoms with van der Waals surface area (Å²) in [4.78, 5) is 28.0. The lowest BCUT2D eigenvalue weighted by Gasteiger charge is -2.28. The number of benzene rings is 2. The molecule has 0 saturated carbocycles. The quantitative estimate of drug-likeness (QED) is 0.367. The molecular formula is C29H34N2O7. The Kier molecular flexibility index (Phi) is 8.58. The standard InChI is InChI=1S/C29H34N2O7/c1-18-14-25(33)28(35)29(38-18)22(20-8-11-24(32)26(15-20)37-3)16-27(34)30-17-23(31-12-4-5-13-31)19-6-9-21(36-2)10-7-19/h6-11,14-15,22-23,32,35H,4-5,12-13,16-17H2,1-3H3,(H,30,34)/t22-,23-/m1/s1. The molecule has 3 N–H and O–H groups in total. The van der Waals surface area contributed by atoms with Crippen LogP contribution in [0.15, 0.2) is 57.7 Å². The van der Waals surface area contributed by atoms with Crippen LogP contribution < -0.4 is 20.2 Å². The van der Waals surface area contributed by atoms with E-state index < -0.39 is 17.1 Å². The maximum Gasteiger partial charge on any atom is 0.227 e. The molecule has 3 aromatic rings. The molecule has 1 aromatic heterocycles. The van der Waals surface area contributed by atoms with Gasteiger partial charge in [0.15, 0.2) is 17.3 Å². The van der Waals surface area contributed by atoms with E-state index in [4.69, 9.17) is 13.9 Å². The number of amides is 1. The summed E-state index contributed by atoms with van der Waals surface area (Å²) in [6.07, 6.45) is 2.12. The number of hydrogen-bond donors (Lipinski definition) is 3. The second-order valence-corrected chi connectivity index (χ2v) is 9.46. The zero-order valence-electron chi connectivity index (χ0n) is 21.9. The average molecular weight is 523 g/mol. The molecule has 0 aliphatic carbocycles. The number of nitrogens with zero attached hydrogens (tertiary/aromatic N) is 1. The molecule has 1 fully saturated rings. The van der Waals surface area contributed by atoms with Gasteiger partial charge in [-0.05, 0) is 68.2 Å². The van der Waals surface area contributed by atoms with Gasteiger partial charge < -0.3 is 29.4 Å². The zero-order valence-corrected chi connectivity index (χ0v) is 21.9. The third-order valence-electron chi connectivity index (χ3n) is 6.96. The van der Waals surface area contributed by atoms with Crippen LogP contribution in [-0.4, -0.2) is 54.9 Å². The molecule has 4 rings (SSSR count). The fraction of sp³-hybridized carbons (Fsp3) is 0.379. The molecule has 202 valence electrons. The van der Waals surface area contributed by atoms with E-state index in [1.54, 1.807) is 26.2 Å². The summed E-state index contributed by atoms with van der Waals surface area (Å²) in [6, 6.07) is 13.7. The van der Waals surface area contributed by atoms with Crippen molar-refractivity contribution >= 4 is 5.91 Å². The number of hydrogen-bond acceptors (Lipinski definition) is 8. The lowest BCUT2D eigenvalue weighted by molar-refractivity contribution is -0.121. The van der Waals surface area contributed by atoms with Crippen molar-refractivity contribution in [3.05, 3.63) is 81.4 Å². The molecular weight excluding hydrogens is 488 g/mol. The first-order valence-corrected chi connectivity index (χ1v) is 12.7. The molecule has 2 heterocycles. The van der Waals surface area contributed by atoms with Gasteiger partial charge in [0.2, 0.25) is 17.1 Å². The van der Waals surface area contributed by atoms with E-state index in [2.05, 4.69) is 10.2 Å². The Labute approximate surface area is 221 Å². The Morgan fingerprint density at radius 2 is 1.71 bits per heavy atom. The molecule has 0 unspecified atom stereocenters. The highest BCUT2D eigenvalue weighted by Crippen LogP contribution is 2.37. The molecule has 9 nitrogen and oxygen atoms in total. The Balaban J connectivity index is 1.59. The molecule has 2 aromatic carbocycles. The second-order valence-electron chi connectivity index (χ2n) is 9.46. The maximum atomic E-state index is 13.3. The molecule has 38 heavy (non-hydrogen) atoms. The molecule has 0 spiro atoms. The van der Waals surface area contributed by atoms with Gasteiger partial charge in [0.1, 0.15) is 11.5 Å². The highest BCUT2D eigenvalue weighted by Gasteiger charge is 2.28. The summed E-state index contributed by atoms with van der Waals surface area (Å²) in [5.41, 5.74) is 1.04. The summed E-state index contributed by atoms with van der Waals surface area (Å²) in [6.45, 7) is 3.89. The molecule has 2 atom stereocenters. The largest absolute Gasteiger partial charge is 0.504 e. The summed E-state index contributed by atoms with van der Waals surface area (Å²) in [5.74, 6) is -0.403. The average Bonchev–Trinajstić information content (AvgIpc) is 3.45.